The third kappa shape index (κ3) is 4.67. The highest BCUT2D eigenvalue weighted by molar-refractivity contribution is 5.98. The van der Waals surface area contributed by atoms with E-state index >= 15 is 0 Å². The van der Waals surface area contributed by atoms with Crippen LogP contribution in [-0.4, -0.2) is 45.2 Å². The van der Waals surface area contributed by atoms with Gasteiger partial charge in [0.05, 0.1) is 33.5 Å². The first-order chi connectivity index (χ1) is 13.0. The molecule has 0 aromatic heterocycles. The van der Waals surface area contributed by atoms with Crippen molar-refractivity contribution >= 4 is 17.6 Å². The van der Waals surface area contributed by atoms with E-state index in [2.05, 4.69) is 10.1 Å². The average molecular weight is 375 g/mol. The minimum atomic E-state index is -0.640. The molecule has 1 N–H and O–H groups in total. The Hall–Kier alpha value is -2.38. The van der Waals surface area contributed by atoms with Crippen molar-refractivity contribution in [2.75, 3.05) is 32.8 Å². The fourth-order valence-electron chi connectivity index (χ4n) is 3.60. The van der Waals surface area contributed by atoms with E-state index in [4.69, 9.17) is 14.2 Å². The Balaban J connectivity index is 1.63. The maximum Gasteiger partial charge on any atom is 0.354 e. The number of benzene rings is 1. The summed E-state index contributed by atoms with van der Waals surface area (Å²) in [7, 11) is 2.50. The van der Waals surface area contributed by atoms with Gasteiger partial charge in [-0.05, 0) is 36.5 Å². The molecule has 3 rings (SSSR count). The van der Waals surface area contributed by atoms with Gasteiger partial charge in [0.15, 0.2) is 5.79 Å². The van der Waals surface area contributed by atoms with Gasteiger partial charge in [0, 0.05) is 18.5 Å². The van der Waals surface area contributed by atoms with Crippen molar-refractivity contribution in [1.29, 1.82) is 0 Å². The first-order valence-corrected chi connectivity index (χ1v) is 9.08. The summed E-state index contributed by atoms with van der Waals surface area (Å²) in [4.78, 5) is 23.3. The third-order valence-electron chi connectivity index (χ3n) is 5.09. The van der Waals surface area contributed by atoms with E-state index in [0.717, 1.165) is 31.8 Å². The Bertz CT molecular complexity index is 696. The van der Waals surface area contributed by atoms with Crippen molar-refractivity contribution in [3.05, 3.63) is 41.6 Å². The lowest BCUT2D eigenvalue weighted by atomic mass is 9.81. The zero-order valence-corrected chi connectivity index (χ0v) is 15.7. The normalized spacial score (nSPS) is 19.7. The van der Waals surface area contributed by atoms with Crippen molar-refractivity contribution in [2.24, 2.45) is 0 Å². The number of carbonyl (C=O) groups is 2. The highest BCUT2D eigenvalue weighted by atomic mass is 16.7. The Morgan fingerprint density at radius 2 is 1.70 bits per heavy atom. The fourth-order valence-corrected chi connectivity index (χ4v) is 3.60. The van der Waals surface area contributed by atoms with E-state index in [9.17, 15) is 9.59 Å². The number of carbonyl (C=O) groups excluding carboxylic acids is 2. The maximum absolute atomic E-state index is 11.8. The quantitative estimate of drug-likeness (QED) is 0.626. The predicted molar refractivity (Wildman–Crippen MR) is 98.0 cm³/mol. The van der Waals surface area contributed by atoms with Gasteiger partial charge in [-0.2, -0.15) is 0 Å². The van der Waals surface area contributed by atoms with Gasteiger partial charge < -0.3 is 24.3 Å². The zero-order chi connectivity index (χ0) is 19.3. The smallest absolute Gasteiger partial charge is 0.354 e. The minimum absolute atomic E-state index is 0.0206. The van der Waals surface area contributed by atoms with E-state index in [1.807, 2.05) is 24.3 Å². The molecule has 0 amide bonds. The lowest BCUT2D eigenvalue weighted by molar-refractivity contribution is -0.178. The molecule has 0 atom stereocenters. The number of anilines is 1. The monoisotopic (exact) mass is 375 g/mol. The minimum Gasteiger partial charge on any atom is -0.466 e. The maximum atomic E-state index is 11.8. The van der Waals surface area contributed by atoms with Crippen LogP contribution in [0.1, 0.15) is 37.2 Å². The fraction of sp³-hybridized carbons (Fsp3) is 0.500. The highest BCUT2D eigenvalue weighted by Crippen LogP contribution is 2.42. The molecule has 1 spiro atoms. The molecule has 2 aliphatic rings. The van der Waals surface area contributed by atoms with Crippen LogP contribution in [0.25, 0.3) is 0 Å². The van der Waals surface area contributed by atoms with E-state index in [1.54, 1.807) is 0 Å². The van der Waals surface area contributed by atoms with Gasteiger partial charge in [0.25, 0.3) is 0 Å². The Kier molecular flexibility index (Phi) is 6.13. The summed E-state index contributed by atoms with van der Waals surface area (Å²) in [6, 6.07) is 7.84. The van der Waals surface area contributed by atoms with Crippen molar-refractivity contribution < 1.29 is 28.5 Å². The molecule has 2 fully saturated rings. The molecular formula is C20H25NO6. The molecule has 1 saturated carbocycles. The molecule has 146 valence electrons. The zero-order valence-electron chi connectivity index (χ0n) is 15.7. The second-order valence-corrected chi connectivity index (χ2v) is 6.70. The molecule has 0 unspecified atom stereocenters. The van der Waals surface area contributed by atoms with Crippen LogP contribution in [0.4, 0.5) is 5.69 Å². The van der Waals surface area contributed by atoms with E-state index in [0.29, 0.717) is 24.8 Å². The molecule has 1 heterocycles. The highest BCUT2D eigenvalue weighted by Gasteiger charge is 2.40. The Labute approximate surface area is 158 Å². The van der Waals surface area contributed by atoms with Gasteiger partial charge in [-0.15, -0.1) is 0 Å². The molecule has 1 aliphatic heterocycles. The topological polar surface area (TPSA) is 83.1 Å². The summed E-state index contributed by atoms with van der Waals surface area (Å²) in [5.74, 6) is -1.17. The number of nitrogens with one attached hydrogen (secondary N) is 1. The average Bonchev–Trinajstić information content (AvgIpc) is 3.16. The van der Waals surface area contributed by atoms with Crippen molar-refractivity contribution in [2.45, 2.75) is 37.4 Å². The van der Waals surface area contributed by atoms with Gasteiger partial charge in [-0.3, -0.25) is 0 Å². The molecular weight excluding hydrogens is 350 g/mol. The number of ether oxygens (including phenoxy) is 4. The van der Waals surface area contributed by atoms with E-state index in [1.165, 1.54) is 19.8 Å². The van der Waals surface area contributed by atoms with E-state index in [-0.39, 0.29) is 11.5 Å². The SMILES string of the molecule is COC(=O)/C=C(/Nc1ccc(C2CCC3(CC2)OCCO3)cc1)C(=O)OC. The Morgan fingerprint density at radius 1 is 1.07 bits per heavy atom. The van der Waals surface area contributed by atoms with Crippen LogP contribution < -0.4 is 5.32 Å². The van der Waals surface area contributed by atoms with Crippen LogP contribution in [0, 0.1) is 0 Å². The molecule has 0 bridgehead atoms. The summed E-state index contributed by atoms with van der Waals surface area (Å²) in [6.07, 6.45) is 4.92. The van der Waals surface area contributed by atoms with Gasteiger partial charge >= 0.3 is 11.9 Å². The molecule has 7 nitrogen and oxygen atoms in total. The molecule has 1 aliphatic carbocycles. The summed E-state index contributed by atoms with van der Waals surface area (Å²) >= 11 is 0. The standard InChI is InChI=1S/C20H25NO6/c1-24-18(22)13-17(19(23)25-2)21-16-5-3-14(4-6-16)15-7-9-20(10-8-15)26-11-12-27-20/h3-6,13,15,21H,7-12H2,1-2H3/b17-13+. The van der Waals surface area contributed by atoms with Gasteiger partial charge in [0.2, 0.25) is 0 Å². The van der Waals surface area contributed by atoms with Crippen LogP contribution in [-0.2, 0) is 28.5 Å². The van der Waals surface area contributed by atoms with Crippen molar-refractivity contribution in [3.8, 4) is 0 Å². The van der Waals surface area contributed by atoms with Gasteiger partial charge in [0.1, 0.15) is 5.70 Å². The lowest BCUT2D eigenvalue weighted by Gasteiger charge is -2.35. The van der Waals surface area contributed by atoms with Crippen LogP contribution >= 0.6 is 0 Å². The molecule has 1 aromatic carbocycles. The second-order valence-electron chi connectivity index (χ2n) is 6.70. The molecule has 7 heteroatoms. The number of rotatable bonds is 5. The van der Waals surface area contributed by atoms with Crippen LogP contribution in [0.3, 0.4) is 0 Å². The largest absolute Gasteiger partial charge is 0.466 e. The predicted octanol–water partition coefficient (Wildman–Crippen LogP) is 2.73. The van der Waals surface area contributed by atoms with Crippen LogP contribution in [0.2, 0.25) is 0 Å². The third-order valence-corrected chi connectivity index (χ3v) is 5.09. The number of hydrogen-bond donors (Lipinski definition) is 1. The van der Waals surface area contributed by atoms with E-state index < -0.39 is 11.9 Å². The van der Waals surface area contributed by atoms with Crippen molar-refractivity contribution in [1.82, 2.24) is 0 Å². The summed E-state index contributed by atoms with van der Waals surface area (Å²) < 4.78 is 20.8. The first-order valence-electron chi connectivity index (χ1n) is 9.08. The Morgan fingerprint density at radius 3 is 2.26 bits per heavy atom. The summed E-state index contributed by atoms with van der Waals surface area (Å²) in [6.45, 7) is 1.37. The molecule has 27 heavy (non-hydrogen) atoms. The first kappa shape index (κ1) is 19.4. The lowest BCUT2D eigenvalue weighted by Crippen LogP contribution is -2.34. The second kappa shape index (κ2) is 8.54. The number of esters is 2. The van der Waals surface area contributed by atoms with Gasteiger partial charge in [-0.25, -0.2) is 9.59 Å². The van der Waals surface area contributed by atoms with Crippen LogP contribution in [0.5, 0.6) is 0 Å². The summed E-state index contributed by atoms with van der Waals surface area (Å²) in [5.41, 5.74) is 1.95. The number of methoxy groups -OCH3 is 2. The van der Waals surface area contributed by atoms with Crippen molar-refractivity contribution in [3.63, 3.8) is 0 Å². The summed E-state index contributed by atoms with van der Waals surface area (Å²) in [5, 5.41) is 2.91. The molecule has 0 radical (unpaired) electrons. The van der Waals surface area contributed by atoms with Gasteiger partial charge in [-0.1, -0.05) is 12.1 Å². The molecule has 1 saturated heterocycles. The number of hydrogen-bond acceptors (Lipinski definition) is 7. The van der Waals surface area contributed by atoms with Crippen LogP contribution in [0.15, 0.2) is 36.0 Å². The molecule has 1 aromatic rings.